The monoisotopic (exact) mass is 308 g/mol. The number of carbonyl (C=O) groups is 1. The molecule has 1 aromatic rings. The second kappa shape index (κ2) is 7.28. The molecule has 1 aromatic carbocycles. The Bertz CT molecular complexity index is 483. The minimum atomic E-state index is -0.406. The zero-order valence-electron chi connectivity index (χ0n) is 12.9. The predicted octanol–water partition coefficient (Wildman–Crippen LogP) is 3.27. The van der Waals surface area contributed by atoms with E-state index in [1.54, 1.807) is 0 Å². The summed E-state index contributed by atoms with van der Waals surface area (Å²) in [6, 6.07) is 8.07. The Balaban J connectivity index is 2.22. The van der Waals surface area contributed by atoms with Gasteiger partial charge in [0.05, 0.1) is 5.41 Å². The lowest BCUT2D eigenvalue weighted by Crippen LogP contribution is -2.48. The molecule has 1 amide bonds. The first-order chi connectivity index (χ1) is 10.1. The minimum Gasteiger partial charge on any atom is -0.354 e. The second-order valence-corrected chi connectivity index (χ2v) is 6.49. The summed E-state index contributed by atoms with van der Waals surface area (Å²) in [5.74, 6) is 0.145. The van der Waals surface area contributed by atoms with E-state index in [0.717, 1.165) is 31.2 Å². The fourth-order valence-electron chi connectivity index (χ4n) is 3.11. The van der Waals surface area contributed by atoms with Crippen LogP contribution in [0.5, 0.6) is 0 Å². The van der Waals surface area contributed by atoms with E-state index in [4.69, 9.17) is 11.6 Å². The lowest BCUT2D eigenvalue weighted by molar-refractivity contribution is -0.128. The first-order valence-electron chi connectivity index (χ1n) is 7.80. The summed E-state index contributed by atoms with van der Waals surface area (Å²) in [5.41, 5.74) is 0.653. The molecule has 2 N–H and O–H groups in total. The predicted molar refractivity (Wildman–Crippen MR) is 87.7 cm³/mol. The Hall–Kier alpha value is -1.06. The van der Waals surface area contributed by atoms with Gasteiger partial charge < -0.3 is 10.6 Å². The Morgan fingerprint density at radius 2 is 2.05 bits per heavy atom. The molecule has 0 heterocycles. The number of hydrogen-bond acceptors (Lipinski definition) is 2. The van der Waals surface area contributed by atoms with Crippen LogP contribution in [0.15, 0.2) is 24.3 Å². The largest absolute Gasteiger partial charge is 0.354 e. The first kappa shape index (κ1) is 16.3. The molecule has 1 unspecified atom stereocenters. The third kappa shape index (κ3) is 3.78. The fraction of sp³-hybridized carbons (Fsp3) is 0.588. The molecule has 3 nitrogen and oxygen atoms in total. The maximum absolute atomic E-state index is 12.9. The summed E-state index contributed by atoms with van der Waals surface area (Å²) in [5, 5.41) is 6.97. The van der Waals surface area contributed by atoms with Crippen LogP contribution >= 0.6 is 11.6 Å². The van der Waals surface area contributed by atoms with Gasteiger partial charge in [-0.3, -0.25) is 4.79 Å². The third-order valence-electron chi connectivity index (χ3n) is 4.58. The number of rotatable bonds is 5. The average Bonchev–Trinajstić information content (AvgIpc) is 2.52. The Kier molecular flexibility index (Phi) is 5.65. The molecule has 1 aliphatic rings. The summed E-state index contributed by atoms with van der Waals surface area (Å²) in [7, 11) is 1.91. The zero-order chi connectivity index (χ0) is 15.3. The molecule has 0 saturated heterocycles. The van der Waals surface area contributed by atoms with Crippen LogP contribution in [0.25, 0.3) is 0 Å². The van der Waals surface area contributed by atoms with Crippen LogP contribution in [-0.2, 0) is 10.2 Å². The smallest absolute Gasteiger partial charge is 0.230 e. The van der Waals surface area contributed by atoms with Gasteiger partial charge in [-0.1, -0.05) is 43.0 Å². The van der Waals surface area contributed by atoms with Crippen molar-refractivity contribution in [2.75, 3.05) is 13.6 Å². The van der Waals surface area contributed by atoms with E-state index in [1.807, 2.05) is 31.3 Å². The van der Waals surface area contributed by atoms with Crippen LogP contribution in [0.3, 0.4) is 0 Å². The van der Waals surface area contributed by atoms with Crippen molar-refractivity contribution < 1.29 is 4.79 Å². The minimum absolute atomic E-state index is 0.145. The van der Waals surface area contributed by atoms with E-state index in [1.165, 1.54) is 6.42 Å². The van der Waals surface area contributed by atoms with Gasteiger partial charge in [0.2, 0.25) is 5.91 Å². The summed E-state index contributed by atoms with van der Waals surface area (Å²) in [4.78, 5) is 12.9. The van der Waals surface area contributed by atoms with E-state index in [2.05, 4.69) is 17.6 Å². The maximum Gasteiger partial charge on any atom is 0.230 e. The Labute approximate surface area is 132 Å². The molecular weight excluding hydrogens is 284 g/mol. The second-order valence-electron chi connectivity index (χ2n) is 6.05. The molecule has 1 aliphatic carbocycles. The van der Waals surface area contributed by atoms with Crippen molar-refractivity contribution in [3.05, 3.63) is 34.9 Å². The van der Waals surface area contributed by atoms with E-state index in [-0.39, 0.29) is 11.9 Å². The third-order valence-corrected chi connectivity index (χ3v) is 4.82. The summed E-state index contributed by atoms with van der Waals surface area (Å²) in [6.07, 6.45) is 5.23. The molecule has 116 valence electrons. The normalized spacial score (nSPS) is 19.0. The van der Waals surface area contributed by atoms with Gasteiger partial charge in [0.1, 0.15) is 0 Å². The van der Waals surface area contributed by atoms with Crippen LogP contribution in [0.4, 0.5) is 0 Å². The molecule has 1 atom stereocenters. The van der Waals surface area contributed by atoms with Crippen molar-refractivity contribution in [2.24, 2.45) is 0 Å². The molecular formula is C17H25ClN2O. The Morgan fingerprint density at radius 3 is 2.67 bits per heavy atom. The van der Waals surface area contributed by atoms with Crippen molar-refractivity contribution in [3.63, 3.8) is 0 Å². The van der Waals surface area contributed by atoms with Crippen LogP contribution in [0.1, 0.15) is 44.6 Å². The summed E-state index contributed by atoms with van der Waals surface area (Å²) in [6.45, 7) is 2.71. The highest BCUT2D eigenvalue weighted by Crippen LogP contribution is 2.40. The maximum atomic E-state index is 12.9. The van der Waals surface area contributed by atoms with Crippen LogP contribution in [0.2, 0.25) is 5.02 Å². The van der Waals surface area contributed by atoms with Gasteiger partial charge in [-0.05, 0) is 44.5 Å². The molecule has 1 fully saturated rings. The summed E-state index contributed by atoms with van der Waals surface area (Å²) >= 11 is 6.14. The highest BCUT2D eigenvalue weighted by Gasteiger charge is 2.41. The van der Waals surface area contributed by atoms with Crippen molar-refractivity contribution in [2.45, 2.75) is 50.5 Å². The summed E-state index contributed by atoms with van der Waals surface area (Å²) < 4.78 is 0. The molecule has 4 heteroatoms. The van der Waals surface area contributed by atoms with Crippen molar-refractivity contribution in [1.82, 2.24) is 10.6 Å². The van der Waals surface area contributed by atoms with Gasteiger partial charge in [0.15, 0.2) is 0 Å². The quantitative estimate of drug-likeness (QED) is 0.876. The lowest BCUT2D eigenvalue weighted by Gasteiger charge is -2.36. The highest BCUT2D eigenvalue weighted by molar-refractivity contribution is 6.30. The number of amides is 1. The van der Waals surface area contributed by atoms with Crippen LogP contribution in [-0.4, -0.2) is 25.5 Å². The van der Waals surface area contributed by atoms with E-state index in [9.17, 15) is 4.79 Å². The highest BCUT2D eigenvalue weighted by atomic mass is 35.5. The van der Waals surface area contributed by atoms with Crippen molar-refractivity contribution in [3.8, 4) is 0 Å². The molecule has 0 bridgehead atoms. The van der Waals surface area contributed by atoms with Gasteiger partial charge in [-0.2, -0.15) is 0 Å². The van der Waals surface area contributed by atoms with Gasteiger partial charge >= 0.3 is 0 Å². The average molecular weight is 309 g/mol. The van der Waals surface area contributed by atoms with Gasteiger partial charge in [0, 0.05) is 17.6 Å². The topological polar surface area (TPSA) is 41.1 Å². The van der Waals surface area contributed by atoms with Gasteiger partial charge in [-0.15, -0.1) is 0 Å². The standard InChI is InChI=1S/C17H25ClN2O/c1-13(19-2)12-20-16(21)17(9-4-3-5-10-17)14-7-6-8-15(18)11-14/h6-8,11,13,19H,3-5,9-10,12H2,1-2H3,(H,20,21). The number of halogens is 1. The Morgan fingerprint density at radius 1 is 1.33 bits per heavy atom. The van der Waals surface area contributed by atoms with E-state index < -0.39 is 5.41 Å². The van der Waals surface area contributed by atoms with Gasteiger partial charge in [0.25, 0.3) is 0 Å². The van der Waals surface area contributed by atoms with Gasteiger partial charge in [-0.25, -0.2) is 0 Å². The molecule has 1 saturated carbocycles. The number of carbonyl (C=O) groups excluding carboxylic acids is 1. The molecule has 0 aromatic heterocycles. The fourth-order valence-corrected chi connectivity index (χ4v) is 3.30. The molecule has 2 rings (SSSR count). The lowest BCUT2D eigenvalue weighted by atomic mass is 9.68. The zero-order valence-corrected chi connectivity index (χ0v) is 13.7. The SMILES string of the molecule is CNC(C)CNC(=O)C1(c2cccc(Cl)c2)CCCCC1. The van der Waals surface area contributed by atoms with Crippen molar-refractivity contribution >= 4 is 17.5 Å². The number of hydrogen-bond donors (Lipinski definition) is 2. The van der Waals surface area contributed by atoms with Crippen LogP contribution in [0, 0.1) is 0 Å². The van der Waals surface area contributed by atoms with E-state index in [0.29, 0.717) is 11.6 Å². The number of likely N-dealkylation sites (N-methyl/N-ethyl adjacent to an activating group) is 1. The first-order valence-corrected chi connectivity index (χ1v) is 8.18. The molecule has 0 radical (unpaired) electrons. The van der Waals surface area contributed by atoms with Crippen molar-refractivity contribution in [1.29, 1.82) is 0 Å². The van der Waals surface area contributed by atoms with E-state index >= 15 is 0 Å². The number of nitrogens with one attached hydrogen (secondary N) is 2. The number of benzene rings is 1. The molecule has 0 aliphatic heterocycles. The molecule has 21 heavy (non-hydrogen) atoms. The molecule has 0 spiro atoms. The van der Waals surface area contributed by atoms with Crippen LogP contribution < -0.4 is 10.6 Å².